The van der Waals surface area contributed by atoms with Gasteiger partial charge in [0.15, 0.2) is 0 Å². The summed E-state index contributed by atoms with van der Waals surface area (Å²) in [6.45, 7) is 2.67. The number of halogens is 2. The molecule has 0 saturated carbocycles. The van der Waals surface area contributed by atoms with Crippen LogP contribution in [-0.2, 0) is 0 Å². The highest BCUT2D eigenvalue weighted by atomic mass is 79.9. The zero-order valence-electron chi connectivity index (χ0n) is 10.9. The van der Waals surface area contributed by atoms with Gasteiger partial charge in [-0.15, -0.1) is 0 Å². The number of nitrogens with zero attached hydrogens (tertiary/aromatic N) is 2. The third kappa shape index (κ3) is 2.67. The number of likely N-dealkylation sites (tertiary alicyclic amines) is 1. The number of benzene rings is 1. The van der Waals surface area contributed by atoms with E-state index in [1.54, 1.807) is 4.90 Å². The second-order valence-electron chi connectivity index (χ2n) is 4.88. The molecule has 0 radical (unpaired) electrons. The summed E-state index contributed by atoms with van der Waals surface area (Å²) in [4.78, 5) is 24.8. The van der Waals surface area contributed by atoms with Gasteiger partial charge < -0.3 is 4.90 Å². The number of carbonyl (C=O) groups is 1. The summed E-state index contributed by atoms with van der Waals surface area (Å²) >= 11 is 9.41. The number of rotatable bonds is 3. The van der Waals surface area contributed by atoms with Crippen LogP contribution in [0.15, 0.2) is 18.2 Å². The molecule has 2 unspecified atom stereocenters. The smallest absolute Gasteiger partial charge is 0.283 e. The van der Waals surface area contributed by atoms with E-state index in [2.05, 4.69) is 22.9 Å². The van der Waals surface area contributed by atoms with Crippen LogP contribution >= 0.6 is 27.5 Å². The minimum Gasteiger partial charge on any atom is -0.334 e. The molecule has 20 heavy (non-hydrogen) atoms. The Hall–Kier alpha value is -1.14. The number of carbonyl (C=O) groups excluding carboxylic acids is 1. The molecule has 7 heteroatoms. The van der Waals surface area contributed by atoms with Gasteiger partial charge in [0.1, 0.15) is 5.56 Å². The zero-order chi connectivity index (χ0) is 14.9. The Morgan fingerprint density at radius 1 is 1.60 bits per heavy atom. The van der Waals surface area contributed by atoms with Gasteiger partial charge in [0.05, 0.1) is 9.95 Å². The van der Waals surface area contributed by atoms with Crippen molar-refractivity contribution in [1.29, 1.82) is 0 Å². The first-order valence-corrected chi connectivity index (χ1v) is 7.77. The van der Waals surface area contributed by atoms with E-state index in [1.165, 1.54) is 18.2 Å². The maximum atomic E-state index is 12.6. The van der Waals surface area contributed by atoms with Crippen molar-refractivity contribution in [3.8, 4) is 0 Å². The molecule has 1 aliphatic heterocycles. The van der Waals surface area contributed by atoms with E-state index in [0.717, 1.165) is 6.42 Å². The first kappa shape index (κ1) is 15.3. The topological polar surface area (TPSA) is 63.5 Å². The fraction of sp³-hybridized carbons (Fsp3) is 0.462. The number of hydrogen-bond donors (Lipinski definition) is 0. The predicted octanol–water partition coefficient (Wildman–Crippen LogP) is 3.49. The first-order valence-electron chi connectivity index (χ1n) is 6.27. The van der Waals surface area contributed by atoms with Crippen LogP contribution in [0.5, 0.6) is 0 Å². The lowest BCUT2D eigenvalue weighted by Crippen LogP contribution is -2.39. The standard InChI is InChI=1S/C13H14BrClN2O3/c1-8-5-6-16(11(8)7-14)13(18)12-9(15)3-2-4-10(12)17(19)20/h2-4,8,11H,5-7H2,1H3. The summed E-state index contributed by atoms with van der Waals surface area (Å²) < 4.78 is 0. The molecule has 5 nitrogen and oxygen atoms in total. The predicted molar refractivity (Wildman–Crippen MR) is 80.5 cm³/mol. The fourth-order valence-electron chi connectivity index (χ4n) is 2.52. The molecule has 0 N–H and O–H groups in total. The molecule has 0 spiro atoms. The highest BCUT2D eigenvalue weighted by molar-refractivity contribution is 9.09. The highest BCUT2D eigenvalue weighted by Crippen LogP contribution is 2.32. The minimum atomic E-state index is -0.568. The third-order valence-electron chi connectivity index (χ3n) is 3.70. The number of hydrogen-bond acceptors (Lipinski definition) is 3. The van der Waals surface area contributed by atoms with Gasteiger partial charge in [-0.3, -0.25) is 14.9 Å². The van der Waals surface area contributed by atoms with Gasteiger partial charge in [0.2, 0.25) is 0 Å². The monoisotopic (exact) mass is 360 g/mol. The fourth-order valence-corrected chi connectivity index (χ4v) is 3.75. The molecule has 108 valence electrons. The van der Waals surface area contributed by atoms with Gasteiger partial charge in [-0.25, -0.2) is 0 Å². The zero-order valence-corrected chi connectivity index (χ0v) is 13.2. The van der Waals surface area contributed by atoms with Crippen LogP contribution in [0.4, 0.5) is 5.69 Å². The van der Waals surface area contributed by atoms with Crippen molar-refractivity contribution in [1.82, 2.24) is 4.90 Å². The van der Waals surface area contributed by atoms with Crippen molar-refractivity contribution in [2.75, 3.05) is 11.9 Å². The van der Waals surface area contributed by atoms with Crippen LogP contribution in [0.1, 0.15) is 23.7 Å². The molecule has 1 aliphatic rings. The Kier molecular flexibility index (Phi) is 4.65. The lowest BCUT2D eigenvalue weighted by atomic mass is 10.0. The van der Waals surface area contributed by atoms with E-state index in [0.29, 0.717) is 17.8 Å². The van der Waals surface area contributed by atoms with Gasteiger partial charge >= 0.3 is 0 Å². The maximum absolute atomic E-state index is 12.6. The molecule has 1 aromatic carbocycles. The van der Waals surface area contributed by atoms with E-state index >= 15 is 0 Å². The average Bonchev–Trinajstić information content (AvgIpc) is 2.78. The van der Waals surface area contributed by atoms with E-state index in [4.69, 9.17) is 11.6 Å². The molecule has 1 heterocycles. The summed E-state index contributed by atoms with van der Waals surface area (Å²) in [5.41, 5.74) is -0.255. The van der Waals surface area contributed by atoms with E-state index < -0.39 is 4.92 Å². The number of nitro groups is 1. The Morgan fingerprint density at radius 3 is 2.90 bits per heavy atom. The normalized spacial score (nSPS) is 22.1. The second kappa shape index (κ2) is 6.10. The molecule has 0 bridgehead atoms. The first-order chi connectivity index (χ1) is 9.47. The highest BCUT2D eigenvalue weighted by Gasteiger charge is 2.37. The Morgan fingerprint density at radius 2 is 2.30 bits per heavy atom. The van der Waals surface area contributed by atoms with Crippen molar-refractivity contribution in [3.63, 3.8) is 0 Å². The van der Waals surface area contributed by atoms with Gasteiger partial charge in [0.25, 0.3) is 11.6 Å². The molecule has 1 fully saturated rings. The lowest BCUT2D eigenvalue weighted by molar-refractivity contribution is -0.385. The SMILES string of the molecule is CC1CCN(C(=O)c2c(Cl)cccc2[N+](=O)[O-])C1CBr. The van der Waals surface area contributed by atoms with E-state index in [9.17, 15) is 14.9 Å². The third-order valence-corrected chi connectivity index (χ3v) is 4.68. The average molecular weight is 362 g/mol. The minimum absolute atomic E-state index is 0.0146. The Balaban J connectivity index is 2.41. The van der Waals surface area contributed by atoms with Gasteiger partial charge in [-0.2, -0.15) is 0 Å². The van der Waals surface area contributed by atoms with Crippen LogP contribution < -0.4 is 0 Å². The number of alkyl halides is 1. The van der Waals surface area contributed by atoms with Crippen LogP contribution in [-0.4, -0.2) is 33.6 Å². The van der Waals surface area contributed by atoms with Crippen molar-refractivity contribution < 1.29 is 9.72 Å². The van der Waals surface area contributed by atoms with Gasteiger partial charge in [-0.1, -0.05) is 40.5 Å². The molecule has 2 atom stereocenters. The van der Waals surface area contributed by atoms with Crippen LogP contribution in [0.3, 0.4) is 0 Å². The van der Waals surface area contributed by atoms with E-state index in [1.807, 2.05) is 0 Å². The Bertz CT molecular complexity index is 552. The second-order valence-corrected chi connectivity index (χ2v) is 5.93. The van der Waals surface area contributed by atoms with E-state index in [-0.39, 0.29) is 28.2 Å². The van der Waals surface area contributed by atoms with Gasteiger partial charge in [0, 0.05) is 24.0 Å². The molecule has 1 saturated heterocycles. The quantitative estimate of drug-likeness (QED) is 0.470. The van der Waals surface area contributed by atoms with Crippen LogP contribution in [0.25, 0.3) is 0 Å². The molecule has 0 aliphatic carbocycles. The summed E-state index contributed by atoms with van der Waals surface area (Å²) in [5.74, 6) is -0.00373. The Labute approximate surface area is 130 Å². The summed E-state index contributed by atoms with van der Waals surface area (Å²) in [6, 6.07) is 4.33. The van der Waals surface area contributed by atoms with Crippen molar-refractivity contribution in [3.05, 3.63) is 38.9 Å². The number of amides is 1. The molecule has 1 amide bonds. The van der Waals surface area contributed by atoms with Crippen LogP contribution in [0.2, 0.25) is 5.02 Å². The van der Waals surface area contributed by atoms with Crippen LogP contribution in [0, 0.1) is 16.0 Å². The molecule has 1 aromatic rings. The maximum Gasteiger partial charge on any atom is 0.283 e. The molecule has 2 rings (SSSR count). The van der Waals surface area contributed by atoms with Crippen molar-refractivity contribution in [2.45, 2.75) is 19.4 Å². The summed E-state index contributed by atoms with van der Waals surface area (Å²) in [7, 11) is 0. The molecular weight excluding hydrogens is 348 g/mol. The van der Waals surface area contributed by atoms with Gasteiger partial charge in [-0.05, 0) is 18.4 Å². The van der Waals surface area contributed by atoms with Crippen molar-refractivity contribution >= 4 is 39.1 Å². The molecule has 0 aromatic heterocycles. The summed E-state index contributed by atoms with van der Waals surface area (Å²) in [5, 5.41) is 11.8. The van der Waals surface area contributed by atoms with Crippen molar-refractivity contribution in [2.24, 2.45) is 5.92 Å². The number of nitro benzene ring substituents is 1. The summed E-state index contributed by atoms with van der Waals surface area (Å²) in [6.07, 6.45) is 0.889. The lowest BCUT2D eigenvalue weighted by Gasteiger charge is -2.25. The largest absolute Gasteiger partial charge is 0.334 e. The molecular formula is C13H14BrClN2O3.